The van der Waals surface area contributed by atoms with Crippen LogP contribution >= 0.6 is 11.3 Å². The number of amides is 2. The summed E-state index contributed by atoms with van der Waals surface area (Å²) in [5, 5.41) is 5.02. The van der Waals surface area contributed by atoms with E-state index in [0.717, 1.165) is 21.7 Å². The molecule has 2 unspecified atom stereocenters. The monoisotopic (exact) mass is 478 g/mol. The SMILES string of the molecule is CCOCCOCc1cccc(NC(=O)C2CC(=O)N(c3ccc(C)cc3)C2c2cccs2)c1. The zero-order valence-corrected chi connectivity index (χ0v) is 20.3. The number of benzene rings is 2. The predicted molar refractivity (Wildman–Crippen MR) is 135 cm³/mol. The van der Waals surface area contributed by atoms with Gasteiger partial charge in [-0.3, -0.25) is 9.59 Å². The first-order chi connectivity index (χ1) is 16.6. The molecular weight excluding hydrogens is 448 g/mol. The van der Waals surface area contributed by atoms with Gasteiger partial charge in [0, 0.05) is 29.3 Å². The van der Waals surface area contributed by atoms with Crippen molar-refractivity contribution in [2.24, 2.45) is 5.92 Å². The molecule has 1 fully saturated rings. The van der Waals surface area contributed by atoms with Gasteiger partial charge in [0.15, 0.2) is 0 Å². The number of carbonyl (C=O) groups is 2. The summed E-state index contributed by atoms with van der Waals surface area (Å²) < 4.78 is 10.9. The van der Waals surface area contributed by atoms with Crippen LogP contribution in [0.5, 0.6) is 0 Å². The summed E-state index contributed by atoms with van der Waals surface area (Å²) in [6, 6.07) is 19.1. The van der Waals surface area contributed by atoms with E-state index < -0.39 is 5.92 Å². The van der Waals surface area contributed by atoms with Gasteiger partial charge in [0.2, 0.25) is 11.8 Å². The average molecular weight is 479 g/mol. The fourth-order valence-corrected chi connectivity index (χ4v) is 5.07. The van der Waals surface area contributed by atoms with Gasteiger partial charge in [-0.1, -0.05) is 35.9 Å². The molecule has 0 spiro atoms. The van der Waals surface area contributed by atoms with Gasteiger partial charge in [0.25, 0.3) is 0 Å². The molecule has 2 heterocycles. The Kier molecular flexibility index (Phi) is 8.11. The van der Waals surface area contributed by atoms with Crippen LogP contribution in [0.25, 0.3) is 0 Å². The molecule has 1 aliphatic rings. The Morgan fingerprint density at radius 2 is 1.88 bits per heavy atom. The van der Waals surface area contributed by atoms with E-state index in [-0.39, 0.29) is 24.3 Å². The van der Waals surface area contributed by atoms with Crippen LogP contribution in [0.1, 0.15) is 35.4 Å². The number of hydrogen-bond acceptors (Lipinski definition) is 5. The number of carbonyl (C=O) groups excluding carboxylic acids is 2. The first-order valence-electron chi connectivity index (χ1n) is 11.5. The molecule has 0 radical (unpaired) electrons. The maximum atomic E-state index is 13.4. The number of ether oxygens (including phenoxy) is 2. The van der Waals surface area contributed by atoms with Crippen LogP contribution in [0.4, 0.5) is 11.4 Å². The van der Waals surface area contributed by atoms with E-state index in [2.05, 4.69) is 5.32 Å². The molecule has 3 aromatic rings. The van der Waals surface area contributed by atoms with E-state index in [1.807, 2.05) is 79.9 Å². The van der Waals surface area contributed by atoms with Crippen LogP contribution in [0, 0.1) is 12.8 Å². The highest BCUT2D eigenvalue weighted by Gasteiger charge is 2.45. The molecule has 1 saturated heterocycles. The highest BCUT2D eigenvalue weighted by atomic mass is 32.1. The van der Waals surface area contributed by atoms with Crippen LogP contribution in [-0.2, 0) is 25.7 Å². The molecule has 2 atom stereocenters. The lowest BCUT2D eigenvalue weighted by atomic mass is 9.97. The second-order valence-electron chi connectivity index (χ2n) is 8.31. The topological polar surface area (TPSA) is 67.9 Å². The molecule has 1 aliphatic heterocycles. The van der Waals surface area contributed by atoms with E-state index in [0.29, 0.717) is 32.1 Å². The third-order valence-electron chi connectivity index (χ3n) is 5.85. The van der Waals surface area contributed by atoms with E-state index in [1.54, 1.807) is 16.2 Å². The number of rotatable bonds is 10. The van der Waals surface area contributed by atoms with Crippen LogP contribution in [-0.4, -0.2) is 31.6 Å². The predicted octanol–water partition coefficient (Wildman–Crippen LogP) is 5.34. The first-order valence-corrected chi connectivity index (χ1v) is 12.4. The number of hydrogen-bond donors (Lipinski definition) is 1. The third-order valence-corrected chi connectivity index (χ3v) is 6.79. The lowest BCUT2D eigenvalue weighted by Gasteiger charge is -2.27. The fourth-order valence-electron chi connectivity index (χ4n) is 4.19. The number of thiophene rings is 1. The molecule has 34 heavy (non-hydrogen) atoms. The molecule has 1 N–H and O–H groups in total. The van der Waals surface area contributed by atoms with Crippen molar-refractivity contribution in [3.05, 3.63) is 82.0 Å². The van der Waals surface area contributed by atoms with Gasteiger partial charge in [0.1, 0.15) is 0 Å². The van der Waals surface area contributed by atoms with Crippen LogP contribution < -0.4 is 10.2 Å². The Bertz CT molecular complexity index is 1100. The van der Waals surface area contributed by atoms with Gasteiger partial charge >= 0.3 is 0 Å². The van der Waals surface area contributed by atoms with E-state index in [1.165, 1.54) is 0 Å². The maximum Gasteiger partial charge on any atom is 0.230 e. The summed E-state index contributed by atoms with van der Waals surface area (Å²) in [6.07, 6.45) is 0.169. The molecule has 0 aliphatic carbocycles. The quantitative estimate of drug-likeness (QED) is 0.399. The van der Waals surface area contributed by atoms with Crippen molar-refractivity contribution in [1.29, 1.82) is 0 Å². The highest BCUT2D eigenvalue weighted by molar-refractivity contribution is 7.10. The Balaban J connectivity index is 1.49. The number of anilines is 2. The van der Waals surface area contributed by atoms with Crippen molar-refractivity contribution in [2.45, 2.75) is 32.9 Å². The van der Waals surface area contributed by atoms with Crippen molar-refractivity contribution in [3.8, 4) is 0 Å². The molecule has 7 heteroatoms. The zero-order valence-electron chi connectivity index (χ0n) is 19.5. The molecule has 1 aromatic heterocycles. The van der Waals surface area contributed by atoms with Gasteiger partial charge in [-0.25, -0.2) is 0 Å². The van der Waals surface area contributed by atoms with Crippen molar-refractivity contribution in [3.63, 3.8) is 0 Å². The largest absolute Gasteiger partial charge is 0.379 e. The van der Waals surface area contributed by atoms with Gasteiger partial charge in [-0.2, -0.15) is 0 Å². The van der Waals surface area contributed by atoms with E-state index in [9.17, 15) is 9.59 Å². The number of nitrogens with zero attached hydrogens (tertiary/aromatic N) is 1. The van der Waals surface area contributed by atoms with Gasteiger partial charge in [-0.05, 0) is 55.1 Å². The number of nitrogens with one attached hydrogen (secondary N) is 1. The Labute approximate surface area is 204 Å². The second-order valence-corrected chi connectivity index (χ2v) is 9.29. The van der Waals surface area contributed by atoms with Crippen LogP contribution in [0.2, 0.25) is 0 Å². The summed E-state index contributed by atoms with van der Waals surface area (Å²) in [5.41, 5.74) is 3.60. The van der Waals surface area contributed by atoms with Crippen molar-refractivity contribution >= 4 is 34.5 Å². The van der Waals surface area contributed by atoms with E-state index >= 15 is 0 Å². The lowest BCUT2D eigenvalue weighted by Crippen LogP contribution is -2.32. The summed E-state index contributed by atoms with van der Waals surface area (Å²) in [7, 11) is 0. The van der Waals surface area contributed by atoms with Crippen molar-refractivity contribution < 1.29 is 19.1 Å². The standard InChI is InChI=1S/C27H30N2O4S/c1-3-32-13-14-33-18-20-6-4-7-21(16-20)28-27(31)23-17-25(30)29(22-11-9-19(2)10-12-22)26(23)24-8-5-15-34-24/h4-12,15-16,23,26H,3,13-14,17-18H2,1-2H3,(H,28,31). The van der Waals surface area contributed by atoms with E-state index in [4.69, 9.17) is 9.47 Å². The third kappa shape index (κ3) is 5.73. The minimum atomic E-state index is -0.487. The molecule has 2 aromatic carbocycles. The van der Waals surface area contributed by atoms with Crippen molar-refractivity contribution in [2.75, 3.05) is 30.0 Å². The van der Waals surface area contributed by atoms with Crippen LogP contribution in [0.3, 0.4) is 0 Å². The summed E-state index contributed by atoms with van der Waals surface area (Å²) in [4.78, 5) is 29.3. The zero-order chi connectivity index (χ0) is 23.9. The fraction of sp³-hybridized carbons (Fsp3) is 0.333. The molecule has 178 valence electrons. The van der Waals surface area contributed by atoms with Gasteiger partial charge < -0.3 is 19.7 Å². The highest BCUT2D eigenvalue weighted by Crippen LogP contribution is 2.43. The Morgan fingerprint density at radius 3 is 2.62 bits per heavy atom. The maximum absolute atomic E-state index is 13.4. The summed E-state index contributed by atoms with van der Waals surface area (Å²) in [5.74, 6) is -0.687. The Hall–Kier alpha value is -3.00. The van der Waals surface area contributed by atoms with Crippen LogP contribution in [0.15, 0.2) is 66.0 Å². The smallest absolute Gasteiger partial charge is 0.230 e. The van der Waals surface area contributed by atoms with Gasteiger partial charge in [-0.15, -0.1) is 11.3 Å². The van der Waals surface area contributed by atoms with Crippen molar-refractivity contribution in [1.82, 2.24) is 0 Å². The molecular formula is C27H30N2O4S. The number of aryl methyl sites for hydroxylation is 1. The molecule has 6 nitrogen and oxygen atoms in total. The molecule has 0 saturated carbocycles. The first kappa shape index (κ1) is 24.1. The Morgan fingerprint density at radius 1 is 1.09 bits per heavy atom. The molecule has 2 amide bonds. The average Bonchev–Trinajstić information content (AvgIpc) is 3.48. The minimum Gasteiger partial charge on any atom is -0.379 e. The summed E-state index contributed by atoms with van der Waals surface area (Å²) >= 11 is 1.57. The summed E-state index contributed by atoms with van der Waals surface area (Å²) in [6.45, 7) is 6.16. The second kappa shape index (κ2) is 11.4. The van der Waals surface area contributed by atoms with Gasteiger partial charge in [0.05, 0.1) is 31.8 Å². The minimum absolute atomic E-state index is 0.0427. The molecule has 4 rings (SSSR count). The molecule has 0 bridgehead atoms. The lowest BCUT2D eigenvalue weighted by molar-refractivity contribution is -0.122. The normalized spacial score (nSPS) is 17.8.